The van der Waals surface area contributed by atoms with Crippen LogP contribution in [0.15, 0.2) is 57.9 Å². The van der Waals surface area contributed by atoms with Gasteiger partial charge in [-0.3, -0.25) is 4.79 Å². The Morgan fingerprint density at radius 1 is 1.11 bits per heavy atom. The van der Waals surface area contributed by atoms with Crippen molar-refractivity contribution < 1.29 is 22.3 Å². The molecule has 0 bridgehead atoms. The topological polar surface area (TPSA) is 66.9 Å². The van der Waals surface area contributed by atoms with Gasteiger partial charge in [-0.1, -0.05) is 22.0 Å². The molecule has 28 heavy (non-hydrogen) atoms. The second-order valence-corrected chi connectivity index (χ2v) is 9.25. The Morgan fingerprint density at radius 2 is 1.75 bits per heavy atom. The van der Waals surface area contributed by atoms with E-state index >= 15 is 0 Å². The minimum Gasteiger partial charge on any atom is -0.481 e. The summed E-state index contributed by atoms with van der Waals surface area (Å²) in [4.78, 5) is 14.1. The van der Waals surface area contributed by atoms with E-state index in [1.54, 1.807) is 24.0 Å². The first kappa shape index (κ1) is 20.8. The summed E-state index contributed by atoms with van der Waals surface area (Å²) < 4.78 is 46.5. The van der Waals surface area contributed by atoms with Gasteiger partial charge in [0, 0.05) is 30.7 Å². The number of sulfonamides is 1. The van der Waals surface area contributed by atoms with Gasteiger partial charge in [-0.2, -0.15) is 4.31 Å². The molecule has 1 amide bonds. The molecule has 0 aromatic heterocycles. The van der Waals surface area contributed by atoms with Crippen molar-refractivity contribution in [3.05, 3.63) is 58.8 Å². The van der Waals surface area contributed by atoms with E-state index in [0.717, 1.165) is 10.5 Å². The molecule has 0 N–H and O–H groups in total. The number of benzene rings is 2. The lowest BCUT2D eigenvalue weighted by molar-refractivity contribution is -0.139. The van der Waals surface area contributed by atoms with E-state index in [0.29, 0.717) is 5.75 Å². The van der Waals surface area contributed by atoms with Crippen LogP contribution in [0, 0.1) is 5.82 Å². The first-order chi connectivity index (χ1) is 13.3. The highest BCUT2D eigenvalue weighted by Crippen LogP contribution is 2.20. The number of piperazine rings is 1. The molecule has 2 aromatic rings. The molecule has 1 fully saturated rings. The number of hydrogen-bond donors (Lipinski definition) is 0. The SMILES string of the molecule is CC(Oc1ccc(Br)cc1)C(=O)N1CCN(S(=O)(=O)c2cccc(F)c2)CC1. The van der Waals surface area contributed by atoms with Crippen molar-refractivity contribution in [1.82, 2.24) is 9.21 Å². The fourth-order valence-electron chi connectivity index (χ4n) is 2.95. The third-order valence-electron chi connectivity index (χ3n) is 4.46. The molecule has 0 spiro atoms. The number of rotatable bonds is 5. The second kappa shape index (κ2) is 8.59. The number of nitrogens with zero attached hydrogens (tertiary/aromatic N) is 2. The molecular formula is C19H20BrFN2O4S. The lowest BCUT2D eigenvalue weighted by atomic mass is 10.3. The highest BCUT2D eigenvalue weighted by molar-refractivity contribution is 9.10. The number of hydrogen-bond acceptors (Lipinski definition) is 4. The van der Waals surface area contributed by atoms with E-state index < -0.39 is 21.9 Å². The predicted octanol–water partition coefficient (Wildman–Crippen LogP) is 2.89. The summed E-state index contributed by atoms with van der Waals surface area (Å²) in [6.07, 6.45) is -0.687. The standard InChI is InChI=1S/C19H20BrFN2O4S/c1-14(27-17-7-5-15(20)6-8-17)19(24)22-9-11-23(12-10-22)28(25,26)18-4-2-3-16(21)13-18/h2-8,13-14H,9-12H2,1H3. The molecule has 1 atom stereocenters. The smallest absolute Gasteiger partial charge is 0.263 e. The van der Waals surface area contributed by atoms with Gasteiger partial charge in [-0.25, -0.2) is 12.8 Å². The van der Waals surface area contributed by atoms with Crippen molar-refractivity contribution in [1.29, 1.82) is 0 Å². The Labute approximate surface area is 172 Å². The van der Waals surface area contributed by atoms with E-state index in [1.165, 1.54) is 22.5 Å². The third kappa shape index (κ3) is 4.71. The maximum atomic E-state index is 13.4. The molecule has 1 unspecified atom stereocenters. The molecule has 2 aromatic carbocycles. The molecule has 0 saturated carbocycles. The van der Waals surface area contributed by atoms with Crippen molar-refractivity contribution in [2.75, 3.05) is 26.2 Å². The highest BCUT2D eigenvalue weighted by atomic mass is 79.9. The molecule has 150 valence electrons. The third-order valence-corrected chi connectivity index (χ3v) is 6.88. The molecule has 1 aliphatic heterocycles. The Hall–Kier alpha value is -1.97. The number of carbonyl (C=O) groups is 1. The first-order valence-electron chi connectivity index (χ1n) is 8.74. The minimum atomic E-state index is -3.79. The predicted molar refractivity (Wildman–Crippen MR) is 106 cm³/mol. The Morgan fingerprint density at radius 3 is 2.36 bits per heavy atom. The molecule has 1 aliphatic rings. The van der Waals surface area contributed by atoms with Crippen LogP contribution >= 0.6 is 15.9 Å². The van der Waals surface area contributed by atoms with Gasteiger partial charge in [0.25, 0.3) is 5.91 Å². The zero-order chi connectivity index (χ0) is 20.3. The number of amides is 1. The van der Waals surface area contributed by atoms with Gasteiger partial charge in [-0.05, 0) is 49.4 Å². The average Bonchev–Trinajstić information content (AvgIpc) is 2.69. The summed E-state index contributed by atoms with van der Waals surface area (Å²) in [5.41, 5.74) is 0. The first-order valence-corrected chi connectivity index (χ1v) is 11.0. The molecular weight excluding hydrogens is 451 g/mol. The van der Waals surface area contributed by atoms with Crippen LogP contribution in [0.3, 0.4) is 0 Å². The fraction of sp³-hybridized carbons (Fsp3) is 0.316. The van der Waals surface area contributed by atoms with Gasteiger partial charge in [-0.15, -0.1) is 0 Å². The van der Waals surface area contributed by atoms with Crippen LogP contribution in [0.4, 0.5) is 4.39 Å². The molecule has 6 nitrogen and oxygen atoms in total. The van der Waals surface area contributed by atoms with Crippen LogP contribution in [0.1, 0.15) is 6.92 Å². The minimum absolute atomic E-state index is 0.0841. The van der Waals surface area contributed by atoms with Crippen LogP contribution in [0.25, 0.3) is 0 Å². The maximum absolute atomic E-state index is 13.4. The molecule has 9 heteroatoms. The molecule has 0 radical (unpaired) electrons. The van der Waals surface area contributed by atoms with Gasteiger partial charge < -0.3 is 9.64 Å². The summed E-state index contributed by atoms with van der Waals surface area (Å²) >= 11 is 3.34. The van der Waals surface area contributed by atoms with Crippen LogP contribution in [-0.2, 0) is 14.8 Å². The normalized spacial score (nSPS) is 16.6. The van der Waals surface area contributed by atoms with Crippen LogP contribution < -0.4 is 4.74 Å². The lowest BCUT2D eigenvalue weighted by Gasteiger charge is -2.35. The van der Waals surface area contributed by atoms with E-state index in [4.69, 9.17) is 4.74 Å². The van der Waals surface area contributed by atoms with Crippen LogP contribution in [-0.4, -0.2) is 55.8 Å². The van der Waals surface area contributed by atoms with E-state index in [1.807, 2.05) is 12.1 Å². The van der Waals surface area contributed by atoms with E-state index in [-0.39, 0.29) is 37.0 Å². The monoisotopic (exact) mass is 470 g/mol. The van der Waals surface area contributed by atoms with Crippen molar-refractivity contribution in [3.63, 3.8) is 0 Å². The number of halogens is 2. The fourth-order valence-corrected chi connectivity index (χ4v) is 4.67. The molecule has 1 heterocycles. The summed E-state index contributed by atoms with van der Waals surface area (Å²) in [5.74, 6) is -0.226. The van der Waals surface area contributed by atoms with E-state index in [9.17, 15) is 17.6 Å². The Bertz CT molecular complexity index is 945. The van der Waals surface area contributed by atoms with Crippen molar-refractivity contribution in [3.8, 4) is 5.75 Å². The van der Waals surface area contributed by atoms with Crippen LogP contribution in [0.2, 0.25) is 0 Å². The van der Waals surface area contributed by atoms with Gasteiger partial charge in [0.15, 0.2) is 6.10 Å². The Kier molecular flexibility index (Phi) is 6.36. The Balaban J connectivity index is 1.59. The van der Waals surface area contributed by atoms with Gasteiger partial charge >= 0.3 is 0 Å². The molecule has 1 saturated heterocycles. The highest BCUT2D eigenvalue weighted by Gasteiger charge is 2.32. The summed E-state index contributed by atoms with van der Waals surface area (Å²) in [6, 6.07) is 12.1. The van der Waals surface area contributed by atoms with Crippen molar-refractivity contribution >= 4 is 31.9 Å². The van der Waals surface area contributed by atoms with Gasteiger partial charge in [0.05, 0.1) is 4.90 Å². The average molecular weight is 471 g/mol. The van der Waals surface area contributed by atoms with Crippen molar-refractivity contribution in [2.45, 2.75) is 17.9 Å². The van der Waals surface area contributed by atoms with Crippen LogP contribution in [0.5, 0.6) is 5.75 Å². The second-order valence-electron chi connectivity index (χ2n) is 6.40. The zero-order valence-corrected chi connectivity index (χ0v) is 17.6. The number of carbonyl (C=O) groups excluding carboxylic acids is 1. The molecule has 3 rings (SSSR count). The van der Waals surface area contributed by atoms with Gasteiger partial charge in [0.2, 0.25) is 10.0 Å². The summed E-state index contributed by atoms with van der Waals surface area (Å²) in [5, 5.41) is 0. The summed E-state index contributed by atoms with van der Waals surface area (Å²) in [7, 11) is -3.79. The largest absolute Gasteiger partial charge is 0.481 e. The zero-order valence-electron chi connectivity index (χ0n) is 15.2. The maximum Gasteiger partial charge on any atom is 0.263 e. The van der Waals surface area contributed by atoms with Gasteiger partial charge in [0.1, 0.15) is 11.6 Å². The molecule has 0 aliphatic carbocycles. The van der Waals surface area contributed by atoms with Crippen molar-refractivity contribution in [2.24, 2.45) is 0 Å². The van der Waals surface area contributed by atoms with E-state index in [2.05, 4.69) is 15.9 Å². The quantitative estimate of drug-likeness (QED) is 0.673. The number of ether oxygens (including phenoxy) is 1. The summed E-state index contributed by atoms with van der Waals surface area (Å²) in [6.45, 7) is 2.47. The lowest BCUT2D eigenvalue weighted by Crippen LogP contribution is -2.53.